The molecule has 0 radical (unpaired) electrons. The van der Waals surface area contributed by atoms with Crippen LogP contribution in [0.15, 0.2) is 12.2 Å². The van der Waals surface area contributed by atoms with Gasteiger partial charge >= 0.3 is 8.80 Å². The van der Waals surface area contributed by atoms with Crippen molar-refractivity contribution in [3.05, 3.63) is 12.2 Å². The first-order chi connectivity index (χ1) is 6.16. The molecule has 3 nitrogen and oxygen atoms in total. The minimum absolute atomic E-state index is 0.295. The van der Waals surface area contributed by atoms with Gasteiger partial charge < -0.3 is 13.3 Å². The van der Waals surface area contributed by atoms with Crippen LogP contribution in [-0.2, 0) is 13.3 Å². The molecule has 0 aliphatic rings. The molecule has 0 aliphatic heterocycles. The molecule has 0 bridgehead atoms. The van der Waals surface area contributed by atoms with Gasteiger partial charge in [-0.1, -0.05) is 19.1 Å². The summed E-state index contributed by atoms with van der Waals surface area (Å²) in [5.41, 5.74) is 0.295. The lowest BCUT2D eigenvalue weighted by molar-refractivity contribution is 0.113. The first-order valence-corrected chi connectivity index (χ1v) is 6.23. The first-order valence-electron chi connectivity index (χ1n) is 4.43. The van der Waals surface area contributed by atoms with Gasteiger partial charge in [-0.3, -0.25) is 0 Å². The fraction of sp³-hybridized carbons (Fsp3) is 0.778. The third-order valence-electron chi connectivity index (χ3n) is 2.18. The van der Waals surface area contributed by atoms with E-state index in [9.17, 15) is 0 Å². The second-order valence-corrected chi connectivity index (χ2v) is 6.34. The Morgan fingerprint density at radius 2 is 1.62 bits per heavy atom. The Morgan fingerprint density at radius 1 is 1.15 bits per heavy atom. The molecule has 0 fully saturated rings. The van der Waals surface area contributed by atoms with Crippen LogP contribution in [-0.4, -0.2) is 30.1 Å². The Kier molecular flexibility index (Phi) is 6.24. The maximum Gasteiger partial charge on any atom is 0.503 e. The summed E-state index contributed by atoms with van der Waals surface area (Å²) in [6, 6.07) is 0. The van der Waals surface area contributed by atoms with E-state index in [4.69, 9.17) is 13.3 Å². The Bertz CT molecular complexity index is 147. The van der Waals surface area contributed by atoms with E-state index >= 15 is 0 Å². The van der Waals surface area contributed by atoms with Gasteiger partial charge in [-0.25, -0.2) is 0 Å². The first kappa shape index (κ1) is 12.8. The van der Waals surface area contributed by atoms with Gasteiger partial charge in [0, 0.05) is 26.9 Å². The number of hydrogen-bond donors (Lipinski definition) is 0. The average Bonchev–Trinajstić information content (AvgIpc) is 2.18. The van der Waals surface area contributed by atoms with Gasteiger partial charge in [0.15, 0.2) is 0 Å². The van der Waals surface area contributed by atoms with E-state index in [-0.39, 0.29) is 0 Å². The molecule has 0 saturated carbocycles. The molecule has 0 spiro atoms. The van der Waals surface area contributed by atoms with Crippen LogP contribution in [0.3, 0.4) is 0 Å². The zero-order valence-electron chi connectivity index (χ0n) is 9.16. The Labute approximate surface area is 82.1 Å². The van der Waals surface area contributed by atoms with Gasteiger partial charge in [-0.2, -0.15) is 0 Å². The van der Waals surface area contributed by atoms with Gasteiger partial charge in [-0.15, -0.1) is 0 Å². The second-order valence-electron chi connectivity index (χ2n) is 2.92. The lowest BCUT2D eigenvalue weighted by Crippen LogP contribution is -2.46. The van der Waals surface area contributed by atoms with Crippen molar-refractivity contribution in [3.63, 3.8) is 0 Å². The van der Waals surface area contributed by atoms with Crippen molar-refractivity contribution in [2.75, 3.05) is 21.3 Å². The summed E-state index contributed by atoms with van der Waals surface area (Å²) < 4.78 is 16.1. The highest BCUT2D eigenvalue weighted by molar-refractivity contribution is 6.62. The van der Waals surface area contributed by atoms with Crippen LogP contribution >= 0.6 is 0 Å². The maximum atomic E-state index is 5.36. The molecule has 0 aromatic heterocycles. The van der Waals surface area contributed by atoms with Crippen molar-refractivity contribution in [2.24, 2.45) is 0 Å². The van der Waals surface area contributed by atoms with Gasteiger partial charge in [0.25, 0.3) is 0 Å². The van der Waals surface area contributed by atoms with Gasteiger partial charge in [-0.05, 0) is 13.3 Å². The lowest BCUT2D eigenvalue weighted by atomic mass is 10.3. The molecular weight excluding hydrogens is 184 g/mol. The van der Waals surface area contributed by atoms with Crippen LogP contribution < -0.4 is 0 Å². The molecule has 0 amide bonds. The Morgan fingerprint density at radius 3 is 1.92 bits per heavy atom. The van der Waals surface area contributed by atoms with E-state index in [0.29, 0.717) is 5.54 Å². The van der Waals surface area contributed by atoms with Crippen LogP contribution in [0.1, 0.15) is 20.3 Å². The summed E-state index contributed by atoms with van der Waals surface area (Å²) in [6.45, 7) is 4.09. The van der Waals surface area contributed by atoms with Crippen molar-refractivity contribution in [2.45, 2.75) is 25.8 Å². The predicted molar refractivity (Wildman–Crippen MR) is 55.6 cm³/mol. The second kappa shape index (κ2) is 6.31. The zero-order valence-corrected chi connectivity index (χ0v) is 10.2. The minimum Gasteiger partial charge on any atom is -0.377 e. The smallest absolute Gasteiger partial charge is 0.377 e. The summed E-state index contributed by atoms with van der Waals surface area (Å²) in [6.07, 6.45) is 5.05. The zero-order chi connectivity index (χ0) is 10.3. The fourth-order valence-electron chi connectivity index (χ4n) is 1.34. The van der Waals surface area contributed by atoms with Crippen molar-refractivity contribution in [1.29, 1.82) is 0 Å². The van der Waals surface area contributed by atoms with Crippen LogP contribution in [0.2, 0.25) is 5.54 Å². The molecule has 0 aromatic carbocycles. The molecule has 1 unspecified atom stereocenters. The maximum absolute atomic E-state index is 5.36. The standard InChI is InChI=1S/C9H20O3Si/c1-6-7-8-9(2)13(10-3,11-4)12-5/h6-7,9H,8H2,1-5H3/b7-6-. The third kappa shape index (κ3) is 3.23. The van der Waals surface area contributed by atoms with Crippen molar-refractivity contribution in [1.82, 2.24) is 0 Å². The quantitative estimate of drug-likeness (QED) is 0.490. The minimum atomic E-state index is -2.41. The van der Waals surface area contributed by atoms with E-state index in [0.717, 1.165) is 6.42 Å². The monoisotopic (exact) mass is 204 g/mol. The van der Waals surface area contributed by atoms with Crippen molar-refractivity contribution < 1.29 is 13.3 Å². The summed E-state index contributed by atoms with van der Waals surface area (Å²) in [7, 11) is 2.52. The molecular formula is C9H20O3Si. The van der Waals surface area contributed by atoms with E-state index in [1.807, 2.05) is 13.0 Å². The van der Waals surface area contributed by atoms with Gasteiger partial charge in [0.1, 0.15) is 0 Å². The summed E-state index contributed by atoms with van der Waals surface area (Å²) in [4.78, 5) is 0. The van der Waals surface area contributed by atoms with E-state index < -0.39 is 8.80 Å². The molecule has 1 atom stereocenters. The predicted octanol–water partition coefficient (Wildman–Crippen LogP) is 2.22. The van der Waals surface area contributed by atoms with E-state index in [1.165, 1.54) is 0 Å². The van der Waals surface area contributed by atoms with Crippen LogP contribution in [0, 0.1) is 0 Å². The molecule has 0 rings (SSSR count). The number of rotatable bonds is 6. The average molecular weight is 204 g/mol. The fourth-order valence-corrected chi connectivity index (χ4v) is 3.47. The van der Waals surface area contributed by atoms with Gasteiger partial charge in [0.2, 0.25) is 0 Å². The highest BCUT2D eigenvalue weighted by atomic mass is 28.4. The number of hydrogen-bond acceptors (Lipinski definition) is 3. The van der Waals surface area contributed by atoms with Crippen LogP contribution in [0.5, 0.6) is 0 Å². The van der Waals surface area contributed by atoms with Crippen molar-refractivity contribution >= 4 is 8.80 Å². The molecule has 0 heterocycles. The highest BCUT2D eigenvalue weighted by Gasteiger charge is 2.43. The molecule has 0 aromatic rings. The molecule has 4 heteroatoms. The SMILES string of the molecule is C/C=C\CC(C)[Si](OC)(OC)OC. The highest BCUT2D eigenvalue weighted by Crippen LogP contribution is 2.26. The molecule has 13 heavy (non-hydrogen) atoms. The van der Waals surface area contributed by atoms with E-state index in [1.54, 1.807) is 21.3 Å². The van der Waals surface area contributed by atoms with Crippen LogP contribution in [0.4, 0.5) is 0 Å². The topological polar surface area (TPSA) is 27.7 Å². The normalized spacial score (nSPS) is 15.2. The molecule has 0 N–H and O–H groups in total. The summed E-state index contributed by atoms with van der Waals surface area (Å²) in [5.74, 6) is 0. The van der Waals surface area contributed by atoms with Gasteiger partial charge in [0.05, 0.1) is 0 Å². The molecule has 0 saturated heterocycles. The van der Waals surface area contributed by atoms with Crippen molar-refractivity contribution in [3.8, 4) is 0 Å². The summed E-state index contributed by atoms with van der Waals surface area (Å²) in [5, 5.41) is 0. The molecule has 78 valence electrons. The lowest BCUT2D eigenvalue weighted by Gasteiger charge is -2.29. The Hall–Kier alpha value is -0.163. The largest absolute Gasteiger partial charge is 0.503 e. The molecule has 0 aliphatic carbocycles. The Balaban J connectivity index is 4.34. The third-order valence-corrected chi connectivity index (χ3v) is 5.33. The number of allylic oxidation sites excluding steroid dienone is 2. The van der Waals surface area contributed by atoms with Crippen LogP contribution in [0.25, 0.3) is 0 Å². The summed E-state index contributed by atoms with van der Waals surface area (Å²) >= 11 is 0. The van der Waals surface area contributed by atoms with E-state index in [2.05, 4.69) is 13.0 Å².